The quantitative estimate of drug-likeness (QED) is 0.818. The summed E-state index contributed by atoms with van der Waals surface area (Å²) in [4.78, 5) is 20.0. The Balaban J connectivity index is 1.99. The molecule has 0 radical (unpaired) electrons. The molecule has 0 aromatic carbocycles. The molecule has 0 amide bonds. The van der Waals surface area contributed by atoms with Crippen molar-refractivity contribution < 1.29 is 14.3 Å². The Morgan fingerprint density at radius 1 is 1.24 bits per heavy atom. The van der Waals surface area contributed by atoms with E-state index >= 15 is 0 Å². The van der Waals surface area contributed by atoms with Crippen LogP contribution in [0.5, 0.6) is 5.88 Å². The van der Waals surface area contributed by atoms with Crippen molar-refractivity contribution in [3.8, 4) is 5.88 Å². The van der Waals surface area contributed by atoms with Gasteiger partial charge in [-0.25, -0.2) is 4.79 Å². The van der Waals surface area contributed by atoms with Gasteiger partial charge in [0, 0.05) is 24.9 Å². The fourth-order valence-corrected chi connectivity index (χ4v) is 1.82. The first-order chi connectivity index (χ1) is 10.2. The molecule has 0 unspecified atom stereocenters. The van der Waals surface area contributed by atoms with Crippen LogP contribution in [0.2, 0.25) is 0 Å². The first-order valence-electron chi connectivity index (χ1n) is 6.51. The second-order valence-corrected chi connectivity index (χ2v) is 4.24. The number of pyridine rings is 2. The maximum atomic E-state index is 11.5. The molecule has 0 bridgehead atoms. The van der Waals surface area contributed by atoms with E-state index in [0.717, 1.165) is 12.1 Å². The van der Waals surface area contributed by atoms with E-state index in [-0.39, 0.29) is 5.88 Å². The summed E-state index contributed by atoms with van der Waals surface area (Å²) in [6.45, 7) is 0.685. The fourth-order valence-electron chi connectivity index (χ4n) is 1.82. The summed E-state index contributed by atoms with van der Waals surface area (Å²) < 4.78 is 9.78. The van der Waals surface area contributed by atoms with Crippen molar-refractivity contribution in [2.75, 3.05) is 26.1 Å². The van der Waals surface area contributed by atoms with Crippen LogP contribution in [0.3, 0.4) is 0 Å². The molecular weight excluding hydrogens is 270 g/mol. The molecule has 21 heavy (non-hydrogen) atoms. The fraction of sp³-hybridized carbons (Fsp3) is 0.267. The van der Waals surface area contributed by atoms with Gasteiger partial charge in [-0.1, -0.05) is 6.07 Å². The second-order valence-electron chi connectivity index (χ2n) is 4.24. The van der Waals surface area contributed by atoms with Crippen molar-refractivity contribution in [3.05, 3.63) is 47.8 Å². The Morgan fingerprint density at radius 2 is 2.10 bits per heavy atom. The lowest BCUT2D eigenvalue weighted by atomic mass is 10.2. The summed E-state index contributed by atoms with van der Waals surface area (Å²) in [6, 6.07) is 9.15. The third-order valence-corrected chi connectivity index (χ3v) is 2.87. The van der Waals surface area contributed by atoms with Gasteiger partial charge in [0.05, 0.1) is 14.2 Å². The molecule has 0 fully saturated rings. The number of carbonyl (C=O) groups excluding carboxylic acids is 1. The number of rotatable bonds is 6. The number of esters is 1. The van der Waals surface area contributed by atoms with Crippen molar-refractivity contribution in [2.24, 2.45) is 0 Å². The number of anilines is 1. The summed E-state index contributed by atoms with van der Waals surface area (Å²) >= 11 is 0. The lowest BCUT2D eigenvalue weighted by Gasteiger charge is -2.09. The predicted molar refractivity (Wildman–Crippen MR) is 78.6 cm³/mol. The molecule has 0 saturated heterocycles. The number of hydrogen-bond donors (Lipinski definition) is 1. The highest BCUT2D eigenvalue weighted by Crippen LogP contribution is 2.19. The first-order valence-corrected chi connectivity index (χ1v) is 6.51. The summed E-state index contributed by atoms with van der Waals surface area (Å²) in [5.41, 5.74) is 1.30. The molecule has 0 atom stereocenters. The van der Waals surface area contributed by atoms with E-state index < -0.39 is 5.97 Å². The molecule has 2 heterocycles. The van der Waals surface area contributed by atoms with Gasteiger partial charge < -0.3 is 14.8 Å². The van der Waals surface area contributed by atoms with Crippen molar-refractivity contribution in [3.63, 3.8) is 0 Å². The minimum absolute atomic E-state index is 0.240. The maximum absolute atomic E-state index is 11.5. The van der Waals surface area contributed by atoms with Crippen LogP contribution in [0.25, 0.3) is 0 Å². The van der Waals surface area contributed by atoms with E-state index in [1.54, 1.807) is 18.3 Å². The topological polar surface area (TPSA) is 73.3 Å². The van der Waals surface area contributed by atoms with E-state index in [0.29, 0.717) is 17.9 Å². The standard InChI is InChI=1S/C15H17N3O3/c1-20-14-12(15(19)21-2)6-7-13(18-14)17-10-8-11-5-3-4-9-16-11/h3-7,9H,8,10H2,1-2H3,(H,17,18). The minimum Gasteiger partial charge on any atom is -0.480 e. The van der Waals surface area contributed by atoms with Gasteiger partial charge in [0.2, 0.25) is 5.88 Å². The molecule has 0 aliphatic carbocycles. The number of hydrogen-bond acceptors (Lipinski definition) is 6. The Morgan fingerprint density at radius 3 is 2.76 bits per heavy atom. The van der Waals surface area contributed by atoms with Gasteiger partial charge in [0.1, 0.15) is 11.4 Å². The number of carbonyl (C=O) groups is 1. The van der Waals surface area contributed by atoms with Crippen LogP contribution in [0, 0.1) is 0 Å². The SMILES string of the molecule is COC(=O)c1ccc(NCCc2ccccn2)nc1OC. The summed E-state index contributed by atoms with van der Waals surface area (Å²) in [5, 5.41) is 3.17. The third-order valence-electron chi connectivity index (χ3n) is 2.87. The van der Waals surface area contributed by atoms with Crippen molar-refractivity contribution in [1.29, 1.82) is 0 Å². The monoisotopic (exact) mass is 287 g/mol. The van der Waals surface area contributed by atoms with Crippen LogP contribution in [0.15, 0.2) is 36.5 Å². The molecular formula is C15H17N3O3. The van der Waals surface area contributed by atoms with E-state index in [2.05, 4.69) is 20.0 Å². The van der Waals surface area contributed by atoms with Crippen LogP contribution in [0.1, 0.15) is 16.1 Å². The van der Waals surface area contributed by atoms with E-state index in [9.17, 15) is 4.79 Å². The van der Waals surface area contributed by atoms with Crippen molar-refractivity contribution >= 4 is 11.8 Å². The van der Waals surface area contributed by atoms with Crippen LogP contribution >= 0.6 is 0 Å². The van der Waals surface area contributed by atoms with Crippen molar-refractivity contribution in [2.45, 2.75) is 6.42 Å². The Hall–Kier alpha value is -2.63. The molecule has 0 aliphatic rings. The van der Waals surface area contributed by atoms with Gasteiger partial charge in [-0.2, -0.15) is 4.98 Å². The molecule has 110 valence electrons. The second kappa shape index (κ2) is 7.23. The van der Waals surface area contributed by atoms with E-state index in [1.807, 2.05) is 18.2 Å². The van der Waals surface area contributed by atoms with Gasteiger partial charge >= 0.3 is 5.97 Å². The summed E-state index contributed by atoms with van der Waals surface area (Å²) in [7, 11) is 2.78. The lowest BCUT2D eigenvalue weighted by Crippen LogP contribution is -2.10. The number of methoxy groups -OCH3 is 2. The maximum Gasteiger partial charge on any atom is 0.343 e. The highest BCUT2D eigenvalue weighted by molar-refractivity contribution is 5.92. The molecule has 6 heteroatoms. The highest BCUT2D eigenvalue weighted by atomic mass is 16.5. The average molecular weight is 287 g/mol. The molecule has 0 aliphatic heterocycles. The van der Waals surface area contributed by atoms with Gasteiger partial charge in [-0.3, -0.25) is 4.98 Å². The molecule has 6 nitrogen and oxygen atoms in total. The zero-order valence-corrected chi connectivity index (χ0v) is 12.0. The van der Waals surface area contributed by atoms with Gasteiger partial charge in [-0.05, 0) is 24.3 Å². The molecule has 0 saturated carbocycles. The zero-order chi connectivity index (χ0) is 15.1. The van der Waals surface area contributed by atoms with Crippen molar-refractivity contribution in [1.82, 2.24) is 9.97 Å². The number of ether oxygens (including phenoxy) is 2. The van der Waals surface area contributed by atoms with E-state index in [1.165, 1.54) is 14.2 Å². The first kappa shape index (κ1) is 14.8. The smallest absolute Gasteiger partial charge is 0.343 e. The molecule has 1 N–H and O–H groups in total. The molecule has 0 spiro atoms. The Kier molecular flexibility index (Phi) is 5.09. The minimum atomic E-state index is -0.473. The Bertz CT molecular complexity index is 602. The molecule has 2 aromatic heterocycles. The lowest BCUT2D eigenvalue weighted by molar-refractivity contribution is 0.0596. The summed E-state index contributed by atoms with van der Waals surface area (Å²) in [5.74, 6) is 0.402. The molecule has 2 rings (SSSR count). The van der Waals surface area contributed by atoms with Crippen LogP contribution in [-0.2, 0) is 11.2 Å². The van der Waals surface area contributed by atoms with E-state index in [4.69, 9.17) is 4.74 Å². The van der Waals surface area contributed by atoms with Gasteiger partial charge in [0.25, 0.3) is 0 Å². The number of nitrogens with one attached hydrogen (secondary N) is 1. The zero-order valence-electron chi connectivity index (χ0n) is 12.0. The highest BCUT2D eigenvalue weighted by Gasteiger charge is 2.14. The van der Waals surface area contributed by atoms with Crippen LogP contribution < -0.4 is 10.1 Å². The largest absolute Gasteiger partial charge is 0.480 e. The Labute approximate surface area is 123 Å². The van der Waals surface area contributed by atoms with Crippen LogP contribution in [-0.4, -0.2) is 36.7 Å². The predicted octanol–water partition coefficient (Wildman–Crippen LogP) is 1.93. The van der Waals surface area contributed by atoms with Gasteiger partial charge in [0.15, 0.2) is 0 Å². The summed E-state index contributed by atoms with van der Waals surface area (Å²) in [6.07, 6.45) is 2.55. The van der Waals surface area contributed by atoms with Crippen LogP contribution in [0.4, 0.5) is 5.82 Å². The molecule has 2 aromatic rings. The normalized spacial score (nSPS) is 10.0. The average Bonchev–Trinajstić information content (AvgIpc) is 2.55. The number of aromatic nitrogens is 2. The van der Waals surface area contributed by atoms with Gasteiger partial charge in [-0.15, -0.1) is 0 Å². The number of nitrogens with zero attached hydrogens (tertiary/aromatic N) is 2. The third kappa shape index (κ3) is 3.92.